The standard InChI is InChI=1S/C15H29N3OS/c1-3-16-14(18-12-7-5-6-8-12)17-11-15(19)10-9-13(15)20-4-2/h12-13,19H,3-11H2,1-2H3,(H2,16,17,18). The van der Waals surface area contributed by atoms with E-state index in [9.17, 15) is 5.11 Å². The lowest BCUT2D eigenvalue weighted by molar-refractivity contribution is -0.0154. The fraction of sp³-hybridized carbons (Fsp3) is 0.933. The van der Waals surface area contributed by atoms with E-state index >= 15 is 0 Å². The van der Waals surface area contributed by atoms with Crippen LogP contribution in [0.15, 0.2) is 4.99 Å². The minimum atomic E-state index is -0.585. The molecule has 2 fully saturated rings. The lowest BCUT2D eigenvalue weighted by Gasteiger charge is -2.44. The molecule has 4 nitrogen and oxygen atoms in total. The topological polar surface area (TPSA) is 56.7 Å². The summed E-state index contributed by atoms with van der Waals surface area (Å²) in [5, 5.41) is 17.8. The van der Waals surface area contributed by atoms with E-state index in [0.29, 0.717) is 17.8 Å². The van der Waals surface area contributed by atoms with Crippen molar-refractivity contribution < 1.29 is 5.11 Å². The molecule has 2 saturated carbocycles. The van der Waals surface area contributed by atoms with E-state index in [2.05, 4.69) is 29.5 Å². The first-order valence-corrected chi connectivity index (χ1v) is 9.11. The third-order valence-corrected chi connectivity index (χ3v) is 5.77. The van der Waals surface area contributed by atoms with E-state index in [1.807, 2.05) is 11.8 Å². The van der Waals surface area contributed by atoms with Crippen molar-refractivity contribution >= 4 is 17.7 Å². The molecule has 3 N–H and O–H groups in total. The van der Waals surface area contributed by atoms with Gasteiger partial charge in [-0.15, -0.1) is 0 Å². The monoisotopic (exact) mass is 299 g/mol. The number of nitrogens with zero attached hydrogens (tertiary/aromatic N) is 1. The minimum absolute atomic E-state index is 0.366. The SMILES string of the molecule is CCNC(=NCC1(O)CCC1SCC)NC1CCCC1. The van der Waals surface area contributed by atoms with E-state index in [-0.39, 0.29) is 0 Å². The number of nitrogens with one attached hydrogen (secondary N) is 2. The molecule has 20 heavy (non-hydrogen) atoms. The summed E-state index contributed by atoms with van der Waals surface area (Å²) in [6.45, 7) is 5.62. The molecule has 2 aliphatic carbocycles. The average Bonchev–Trinajstić information content (AvgIpc) is 2.94. The first kappa shape index (κ1) is 16.0. The van der Waals surface area contributed by atoms with Crippen molar-refractivity contribution in [3.63, 3.8) is 0 Å². The lowest BCUT2D eigenvalue weighted by Crippen LogP contribution is -2.53. The van der Waals surface area contributed by atoms with Gasteiger partial charge in [0.05, 0.1) is 12.1 Å². The Balaban J connectivity index is 1.87. The Bertz CT molecular complexity index is 331. The zero-order valence-corrected chi connectivity index (χ0v) is 13.6. The molecule has 0 aromatic heterocycles. The maximum absolute atomic E-state index is 10.6. The molecule has 5 heteroatoms. The first-order chi connectivity index (χ1) is 9.68. The van der Waals surface area contributed by atoms with Gasteiger partial charge in [-0.2, -0.15) is 11.8 Å². The fourth-order valence-corrected chi connectivity index (χ4v) is 4.20. The van der Waals surface area contributed by atoms with Crippen LogP contribution in [0, 0.1) is 0 Å². The molecule has 0 heterocycles. The Hall–Kier alpha value is -0.420. The Kier molecular flexibility index (Phi) is 6.02. The Labute approximate surface area is 127 Å². The molecule has 2 unspecified atom stereocenters. The maximum Gasteiger partial charge on any atom is 0.191 e. The highest BCUT2D eigenvalue weighted by molar-refractivity contribution is 8.00. The van der Waals surface area contributed by atoms with Crippen LogP contribution in [-0.2, 0) is 0 Å². The first-order valence-electron chi connectivity index (χ1n) is 8.06. The van der Waals surface area contributed by atoms with Crippen LogP contribution in [0.1, 0.15) is 52.4 Å². The molecule has 0 aromatic carbocycles. The van der Waals surface area contributed by atoms with Gasteiger partial charge in [0.15, 0.2) is 5.96 Å². The molecule has 2 atom stereocenters. The number of hydrogen-bond acceptors (Lipinski definition) is 3. The van der Waals surface area contributed by atoms with Crippen molar-refractivity contribution in [3.05, 3.63) is 0 Å². The highest BCUT2D eigenvalue weighted by Gasteiger charge is 2.45. The zero-order chi connectivity index (χ0) is 14.4. The van der Waals surface area contributed by atoms with Gasteiger partial charge in [0.25, 0.3) is 0 Å². The summed E-state index contributed by atoms with van der Waals surface area (Å²) in [4.78, 5) is 4.63. The van der Waals surface area contributed by atoms with E-state index in [1.54, 1.807) is 0 Å². The number of thioether (sulfide) groups is 1. The van der Waals surface area contributed by atoms with Crippen molar-refractivity contribution in [2.45, 2.75) is 69.3 Å². The molecular formula is C15H29N3OS. The summed E-state index contributed by atoms with van der Waals surface area (Å²) < 4.78 is 0. The van der Waals surface area contributed by atoms with Crippen molar-refractivity contribution in [3.8, 4) is 0 Å². The smallest absolute Gasteiger partial charge is 0.191 e. The summed E-state index contributed by atoms with van der Waals surface area (Å²) in [6.07, 6.45) is 7.12. The zero-order valence-electron chi connectivity index (χ0n) is 12.8. The fourth-order valence-electron chi connectivity index (χ4n) is 3.02. The Morgan fingerprint density at radius 3 is 2.60 bits per heavy atom. The van der Waals surface area contributed by atoms with Gasteiger partial charge in [-0.3, -0.25) is 4.99 Å². The van der Waals surface area contributed by atoms with Crippen molar-refractivity contribution in [2.24, 2.45) is 4.99 Å². The van der Waals surface area contributed by atoms with Crippen LogP contribution in [-0.4, -0.2) is 46.8 Å². The van der Waals surface area contributed by atoms with E-state index in [0.717, 1.165) is 31.1 Å². The van der Waals surface area contributed by atoms with Crippen LogP contribution in [0.25, 0.3) is 0 Å². The molecule has 2 aliphatic rings. The van der Waals surface area contributed by atoms with Gasteiger partial charge < -0.3 is 15.7 Å². The summed E-state index contributed by atoms with van der Waals surface area (Å²) in [5.74, 6) is 1.94. The molecule has 0 aromatic rings. The molecule has 0 saturated heterocycles. The van der Waals surface area contributed by atoms with Crippen LogP contribution in [0.2, 0.25) is 0 Å². The highest BCUT2D eigenvalue weighted by Crippen LogP contribution is 2.41. The normalized spacial score (nSPS) is 31.1. The average molecular weight is 299 g/mol. The Morgan fingerprint density at radius 1 is 1.30 bits per heavy atom. The van der Waals surface area contributed by atoms with E-state index in [1.165, 1.54) is 25.7 Å². The molecule has 0 amide bonds. The molecule has 2 rings (SSSR count). The number of hydrogen-bond donors (Lipinski definition) is 3. The molecule has 0 aliphatic heterocycles. The Morgan fingerprint density at radius 2 is 2.05 bits per heavy atom. The van der Waals surface area contributed by atoms with Gasteiger partial charge in [0.1, 0.15) is 0 Å². The second-order valence-electron chi connectivity index (χ2n) is 5.91. The van der Waals surface area contributed by atoms with Crippen LogP contribution in [0.3, 0.4) is 0 Å². The van der Waals surface area contributed by atoms with Crippen LogP contribution < -0.4 is 10.6 Å². The number of rotatable bonds is 6. The summed E-state index contributed by atoms with van der Waals surface area (Å²) in [6, 6.07) is 0.560. The van der Waals surface area contributed by atoms with Crippen molar-refractivity contribution in [2.75, 3.05) is 18.8 Å². The third-order valence-electron chi connectivity index (χ3n) is 4.36. The number of guanidine groups is 1. The van der Waals surface area contributed by atoms with Crippen LogP contribution in [0.4, 0.5) is 0 Å². The van der Waals surface area contributed by atoms with Crippen molar-refractivity contribution in [1.29, 1.82) is 0 Å². The molecular weight excluding hydrogens is 270 g/mol. The number of aliphatic hydroxyl groups is 1. The van der Waals surface area contributed by atoms with Gasteiger partial charge in [-0.25, -0.2) is 0 Å². The van der Waals surface area contributed by atoms with Gasteiger partial charge in [-0.05, 0) is 38.4 Å². The second-order valence-corrected chi connectivity index (χ2v) is 7.39. The van der Waals surface area contributed by atoms with Gasteiger partial charge >= 0.3 is 0 Å². The minimum Gasteiger partial charge on any atom is -0.387 e. The van der Waals surface area contributed by atoms with Crippen molar-refractivity contribution in [1.82, 2.24) is 10.6 Å². The molecule has 0 bridgehead atoms. The lowest BCUT2D eigenvalue weighted by atomic mass is 9.79. The molecule has 116 valence electrons. The van der Waals surface area contributed by atoms with Gasteiger partial charge in [0, 0.05) is 17.8 Å². The van der Waals surface area contributed by atoms with E-state index < -0.39 is 5.60 Å². The summed E-state index contributed by atoms with van der Waals surface area (Å²) >= 11 is 1.86. The maximum atomic E-state index is 10.6. The second kappa shape index (κ2) is 7.55. The van der Waals surface area contributed by atoms with Gasteiger partial charge in [-0.1, -0.05) is 19.8 Å². The third kappa shape index (κ3) is 4.04. The van der Waals surface area contributed by atoms with E-state index in [4.69, 9.17) is 0 Å². The summed E-state index contributed by atoms with van der Waals surface area (Å²) in [7, 11) is 0. The quantitative estimate of drug-likeness (QED) is 0.519. The summed E-state index contributed by atoms with van der Waals surface area (Å²) in [5.41, 5.74) is -0.585. The number of aliphatic imine (C=N–C) groups is 1. The van der Waals surface area contributed by atoms with Crippen LogP contribution in [0.5, 0.6) is 0 Å². The largest absolute Gasteiger partial charge is 0.387 e. The van der Waals surface area contributed by atoms with Crippen LogP contribution >= 0.6 is 11.8 Å². The predicted octanol–water partition coefficient (Wildman–Crippen LogP) is 2.13. The predicted molar refractivity (Wildman–Crippen MR) is 87.5 cm³/mol. The molecule has 0 spiro atoms. The molecule has 0 radical (unpaired) electrons. The van der Waals surface area contributed by atoms with Gasteiger partial charge in [0.2, 0.25) is 0 Å². The highest BCUT2D eigenvalue weighted by atomic mass is 32.2.